The van der Waals surface area contributed by atoms with Crippen molar-refractivity contribution in [2.75, 3.05) is 17.4 Å². The van der Waals surface area contributed by atoms with Crippen LogP contribution in [0.5, 0.6) is 0 Å². The Labute approximate surface area is 284 Å². The summed E-state index contributed by atoms with van der Waals surface area (Å²) in [5.74, 6) is -1.14. The molecule has 0 saturated carbocycles. The van der Waals surface area contributed by atoms with Crippen LogP contribution in [-0.4, -0.2) is 44.3 Å². The molecule has 4 aromatic rings. The summed E-state index contributed by atoms with van der Waals surface area (Å²) >= 11 is 5.88. The first-order valence-electron chi connectivity index (χ1n) is 15.3. The lowest BCUT2D eigenvalue weighted by Crippen LogP contribution is -2.53. The number of alkyl halides is 3. The van der Waals surface area contributed by atoms with E-state index in [4.69, 9.17) is 11.6 Å². The van der Waals surface area contributed by atoms with Crippen LogP contribution >= 0.6 is 11.6 Å². The zero-order valence-corrected chi connectivity index (χ0v) is 28.3. The number of aryl methyl sites for hydroxylation is 1. The van der Waals surface area contributed by atoms with Crippen LogP contribution in [0.15, 0.2) is 108 Å². The van der Waals surface area contributed by atoms with Crippen LogP contribution in [0.2, 0.25) is 5.02 Å². The third-order valence-corrected chi connectivity index (χ3v) is 9.70. The molecule has 0 bridgehead atoms. The fourth-order valence-corrected chi connectivity index (χ4v) is 6.64. The van der Waals surface area contributed by atoms with Crippen LogP contribution in [0.3, 0.4) is 0 Å². The summed E-state index contributed by atoms with van der Waals surface area (Å²) in [4.78, 5) is 29.3. The molecule has 48 heavy (non-hydrogen) atoms. The van der Waals surface area contributed by atoms with Crippen molar-refractivity contribution in [2.24, 2.45) is 5.92 Å². The summed E-state index contributed by atoms with van der Waals surface area (Å²) in [6.07, 6.45) is -4.79. The van der Waals surface area contributed by atoms with Crippen molar-refractivity contribution in [1.82, 2.24) is 10.2 Å². The number of halogens is 4. The summed E-state index contributed by atoms with van der Waals surface area (Å²) < 4.78 is 70.8. The van der Waals surface area contributed by atoms with Crippen molar-refractivity contribution < 1.29 is 31.2 Å². The minimum atomic E-state index is -4.90. The van der Waals surface area contributed by atoms with Crippen LogP contribution in [0.1, 0.15) is 36.1 Å². The third kappa shape index (κ3) is 9.38. The highest BCUT2D eigenvalue weighted by atomic mass is 35.5. The van der Waals surface area contributed by atoms with Crippen molar-refractivity contribution in [3.05, 3.63) is 130 Å². The molecule has 1 atom stereocenters. The molecule has 12 heteroatoms. The summed E-state index contributed by atoms with van der Waals surface area (Å²) in [6, 6.07) is 25.2. The molecule has 0 aliphatic carbocycles. The molecule has 254 valence electrons. The Morgan fingerprint density at radius 3 is 2.00 bits per heavy atom. The Balaban J connectivity index is 1.85. The predicted octanol–water partition coefficient (Wildman–Crippen LogP) is 7.27. The van der Waals surface area contributed by atoms with Crippen LogP contribution in [0.25, 0.3) is 0 Å². The molecule has 0 radical (unpaired) electrons. The van der Waals surface area contributed by atoms with E-state index in [0.717, 1.165) is 23.3 Å². The Bertz CT molecular complexity index is 1800. The first-order valence-corrected chi connectivity index (χ1v) is 17.1. The summed E-state index contributed by atoms with van der Waals surface area (Å²) in [5.41, 5.74) is 0.510. The van der Waals surface area contributed by atoms with E-state index in [-0.39, 0.29) is 23.8 Å². The number of amides is 2. The number of sulfonamides is 1. The van der Waals surface area contributed by atoms with Gasteiger partial charge in [0.2, 0.25) is 11.8 Å². The zero-order chi connectivity index (χ0) is 35.1. The van der Waals surface area contributed by atoms with Crippen LogP contribution in [-0.2, 0) is 38.8 Å². The van der Waals surface area contributed by atoms with Crippen molar-refractivity contribution in [3.63, 3.8) is 0 Å². The van der Waals surface area contributed by atoms with Gasteiger partial charge in [-0.25, -0.2) is 8.42 Å². The smallest absolute Gasteiger partial charge is 0.354 e. The molecule has 4 rings (SSSR count). The molecule has 0 aliphatic rings. The SMILES string of the molecule is Cc1ccc(S(=O)(=O)N(CC(=O)N(Cc2ccccc2)C(Cc2ccccc2)C(=O)NCC(C)C)c2ccc(Cl)c(C(F)(F)F)c2)cc1. The molecule has 0 aliphatic heterocycles. The molecular weight excluding hydrogens is 663 g/mol. The maximum atomic E-state index is 14.5. The quantitative estimate of drug-likeness (QED) is 0.159. The van der Waals surface area contributed by atoms with Crippen LogP contribution in [0, 0.1) is 12.8 Å². The van der Waals surface area contributed by atoms with E-state index in [2.05, 4.69) is 5.32 Å². The third-order valence-electron chi connectivity index (χ3n) is 7.58. The van der Waals surface area contributed by atoms with Gasteiger partial charge >= 0.3 is 6.18 Å². The van der Waals surface area contributed by atoms with Gasteiger partial charge in [0.25, 0.3) is 10.0 Å². The second-order valence-electron chi connectivity index (χ2n) is 11.8. The van der Waals surface area contributed by atoms with Gasteiger partial charge in [-0.1, -0.05) is 104 Å². The number of rotatable bonds is 13. The highest BCUT2D eigenvalue weighted by Crippen LogP contribution is 2.38. The van der Waals surface area contributed by atoms with Gasteiger partial charge in [-0.15, -0.1) is 0 Å². The average molecular weight is 700 g/mol. The minimum absolute atomic E-state index is 0.0703. The van der Waals surface area contributed by atoms with Gasteiger partial charge in [0, 0.05) is 19.5 Å². The number of hydrogen-bond acceptors (Lipinski definition) is 4. The molecule has 1 N–H and O–H groups in total. The molecular formula is C36H37ClF3N3O4S. The summed E-state index contributed by atoms with van der Waals surface area (Å²) in [6.45, 7) is 4.97. The number of nitrogens with zero attached hydrogens (tertiary/aromatic N) is 2. The van der Waals surface area contributed by atoms with Gasteiger partial charge in [-0.2, -0.15) is 13.2 Å². The van der Waals surface area contributed by atoms with Crippen molar-refractivity contribution in [2.45, 2.75) is 50.9 Å². The lowest BCUT2D eigenvalue weighted by molar-refractivity contribution is -0.140. The molecule has 0 heterocycles. The first kappa shape index (κ1) is 36.5. The van der Waals surface area contributed by atoms with E-state index < -0.39 is 56.9 Å². The zero-order valence-electron chi connectivity index (χ0n) is 26.7. The van der Waals surface area contributed by atoms with E-state index in [9.17, 15) is 31.2 Å². The molecule has 0 aromatic heterocycles. The summed E-state index contributed by atoms with van der Waals surface area (Å²) in [5, 5.41) is 2.27. The number of hydrogen-bond donors (Lipinski definition) is 1. The molecule has 4 aromatic carbocycles. The van der Waals surface area contributed by atoms with Crippen LogP contribution in [0.4, 0.5) is 18.9 Å². The average Bonchev–Trinajstić information content (AvgIpc) is 3.05. The highest BCUT2D eigenvalue weighted by Gasteiger charge is 2.37. The fraction of sp³-hybridized carbons (Fsp3) is 0.278. The molecule has 0 fully saturated rings. The highest BCUT2D eigenvalue weighted by molar-refractivity contribution is 7.92. The van der Waals surface area contributed by atoms with Crippen molar-refractivity contribution >= 4 is 39.1 Å². The van der Waals surface area contributed by atoms with E-state index in [1.165, 1.54) is 17.0 Å². The predicted molar refractivity (Wildman–Crippen MR) is 181 cm³/mol. The monoisotopic (exact) mass is 699 g/mol. The van der Waals surface area contributed by atoms with Gasteiger partial charge in [-0.05, 0) is 54.3 Å². The number of nitrogens with one attached hydrogen (secondary N) is 1. The maximum absolute atomic E-state index is 14.5. The Hall–Kier alpha value is -4.35. The van der Waals surface area contributed by atoms with Gasteiger partial charge in [-0.3, -0.25) is 13.9 Å². The Morgan fingerprint density at radius 1 is 0.854 bits per heavy atom. The molecule has 0 saturated heterocycles. The van der Waals surface area contributed by atoms with Crippen molar-refractivity contribution in [3.8, 4) is 0 Å². The Kier molecular flexibility index (Phi) is 11.9. The number of anilines is 1. The number of benzene rings is 4. The van der Waals surface area contributed by atoms with Crippen LogP contribution < -0.4 is 9.62 Å². The van der Waals surface area contributed by atoms with Gasteiger partial charge < -0.3 is 10.2 Å². The molecule has 2 amide bonds. The second kappa shape index (κ2) is 15.7. The first-order chi connectivity index (χ1) is 22.7. The normalized spacial score (nSPS) is 12.4. The lowest BCUT2D eigenvalue weighted by atomic mass is 10.0. The molecule has 7 nitrogen and oxygen atoms in total. The topological polar surface area (TPSA) is 86.8 Å². The van der Waals surface area contributed by atoms with E-state index in [1.54, 1.807) is 61.5 Å². The van der Waals surface area contributed by atoms with Gasteiger partial charge in [0.15, 0.2) is 0 Å². The standard InChI is InChI=1S/C36H37ClF3N3O4S/c1-25(2)22-41-35(45)33(20-27-10-6-4-7-11-27)42(23-28-12-8-5-9-13-28)34(44)24-43(48(46,47)30-17-14-26(3)15-18-30)29-16-19-32(37)31(21-29)36(38,39)40/h4-19,21,25,33H,20,22-24H2,1-3H3,(H,41,45). The number of carbonyl (C=O) groups excluding carboxylic acids is 2. The number of carbonyl (C=O) groups is 2. The Morgan fingerprint density at radius 2 is 1.44 bits per heavy atom. The minimum Gasteiger partial charge on any atom is -0.354 e. The van der Waals surface area contributed by atoms with E-state index >= 15 is 0 Å². The lowest BCUT2D eigenvalue weighted by Gasteiger charge is -2.34. The van der Waals surface area contributed by atoms with Gasteiger partial charge in [0.05, 0.1) is 21.2 Å². The maximum Gasteiger partial charge on any atom is 0.417 e. The fourth-order valence-electron chi connectivity index (χ4n) is 5.01. The summed E-state index contributed by atoms with van der Waals surface area (Å²) in [7, 11) is -4.60. The van der Waals surface area contributed by atoms with Gasteiger partial charge in [0.1, 0.15) is 12.6 Å². The van der Waals surface area contributed by atoms with E-state index in [1.807, 2.05) is 32.0 Å². The molecule has 1 unspecified atom stereocenters. The largest absolute Gasteiger partial charge is 0.417 e. The second-order valence-corrected chi connectivity index (χ2v) is 14.1. The van der Waals surface area contributed by atoms with E-state index in [0.29, 0.717) is 22.5 Å². The molecule has 0 spiro atoms. The van der Waals surface area contributed by atoms with Crippen molar-refractivity contribution in [1.29, 1.82) is 0 Å².